The van der Waals surface area contributed by atoms with Crippen molar-refractivity contribution in [3.8, 4) is 5.75 Å². The van der Waals surface area contributed by atoms with E-state index in [4.69, 9.17) is 0 Å². The lowest BCUT2D eigenvalue weighted by Gasteiger charge is -2.55. The first-order valence-corrected chi connectivity index (χ1v) is 10.9. The summed E-state index contributed by atoms with van der Waals surface area (Å²) in [5.74, 6) is 1.86. The lowest BCUT2D eigenvalue weighted by molar-refractivity contribution is -0.268. The lowest BCUT2D eigenvalue weighted by atomic mass is 9.49. The molecule has 0 atom stereocenters. The van der Waals surface area contributed by atoms with E-state index in [0.717, 1.165) is 19.3 Å². The number of benzene rings is 2. The third-order valence-electron chi connectivity index (χ3n) is 7.24. The number of carbonyl (C=O) groups excluding carboxylic acids is 1. The standard InChI is InChI=1S/C24H27N3O4/c28-22-6-5-19(27(30)31)10-18(22)14-25-20-3-1-2-4-21(20)26-23(29)24-11-15-7-16(12-24)9-17(8-15)13-24/h1-6,10,14-17,28,30-31H,7-9,11-13H2,(H,26,29)/p-1. The summed E-state index contributed by atoms with van der Waals surface area (Å²) in [7, 11) is 0. The molecule has 0 saturated heterocycles. The molecule has 4 fully saturated rings. The topological polar surface area (TPSA) is 108 Å². The minimum absolute atomic E-state index is 0.0452. The Kier molecular flexibility index (Phi) is 4.95. The Morgan fingerprint density at radius 3 is 2.35 bits per heavy atom. The van der Waals surface area contributed by atoms with Gasteiger partial charge < -0.3 is 10.4 Å². The van der Waals surface area contributed by atoms with Crippen LogP contribution in [0.15, 0.2) is 47.5 Å². The van der Waals surface area contributed by atoms with Crippen LogP contribution in [0.3, 0.4) is 0 Å². The molecule has 4 saturated carbocycles. The number of nitrogens with zero attached hydrogens (tertiary/aromatic N) is 2. The predicted octanol–water partition coefficient (Wildman–Crippen LogP) is 4.25. The van der Waals surface area contributed by atoms with Gasteiger partial charge >= 0.3 is 0 Å². The van der Waals surface area contributed by atoms with Crippen LogP contribution in [-0.4, -0.2) is 22.5 Å². The SMILES string of the molecule is O=C(Nc1ccccc1N=Cc1cc(N(O)O)ccc1[O-])C12CC3CC(CC(C3)C1)C2. The zero-order valence-electron chi connectivity index (χ0n) is 17.2. The molecular weight excluding hydrogens is 394 g/mol. The number of hydrogen-bond acceptors (Lipinski definition) is 6. The van der Waals surface area contributed by atoms with Crippen molar-refractivity contribution >= 4 is 29.2 Å². The monoisotopic (exact) mass is 420 g/mol. The number of para-hydroxylation sites is 2. The van der Waals surface area contributed by atoms with Crippen LogP contribution in [0.25, 0.3) is 0 Å². The number of rotatable bonds is 5. The number of anilines is 2. The number of carbonyl (C=O) groups is 1. The molecule has 1 amide bonds. The van der Waals surface area contributed by atoms with Crippen molar-refractivity contribution in [1.82, 2.24) is 0 Å². The zero-order valence-corrected chi connectivity index (χ0v) is 17.2. The van der Waals surface area contributed by atoms with Gasteiger partial charge in [0, 0.05) is 6.21 Å². The second kappa shape index (κ2) is 7.66. The van der Waals surface area contributed by atoms with E-state index >= 15 is 0 Å². The summed E-state index contributed by atoms with van der Waals surface area (Å²) in [4.78, 5) is 17.8. The van der Waals surface area contributed by atoms with Crippen LogP contribution in [0.5, 0.6) is 5.75 Å². The number of amides is 1. The van der Waals surface area contributed by atoms with Gasteiger partial charge in [-0.05, 0) is 86.1 Å². The van der Waals surface area contributed by atoms with E-state index < -0.39 is 0 Å². The Morgan fingerprint density at radius 2 is 1.71 bits per heavy atom. The van der Waals surface area contributed by atoms with E-state index in [0.29, 0.717) is 29.1 Å². The minimum atomic E-state index is -0.288. The third kappa shape index (κ3) is 3.79. The number of hydrogen-bond donors (Lipinski definition) is 3. The molecule has 4 bridgehead atoms. The maximum atomic E-state index is 13.4. The van der Waals surface area contributed by atoms with Crippen molar-refractivity contribution in [2.45, 2.75) is 38.5 Å². The maximum absolute atomic E-state index is 13.4. The van der Waals surface area contributed by atoms with E-state index in [1.807, 2.05) is 18.2 Å². The highest BCUT2D eigenvalue weighted by atomic mass is 16.8. The summed E-state index contributed by atoms with van der Waals surface area (Å²) < 4.78 is 0. The molecule has 0 aromatic heterocycles. The molecule has 2 aromatic rings. The quantitative estimate of drug-likeness (QED) is 0.495. The predicted molar refractivity (Wildman–Crippen MR) is 115 cm³/mol. The number of aliphatic imine (C=N–C) groups is 1. The van der Waals surface area contributed by atoms with Gasteiger partial charge in [-0.3, -0.25) is 20.2 Å². The van der Waals surface area contributed by atoms with Crippen LogP contribution in [0.4, 0.5) is 17.1 Å². The molecule has 0 aliphatic heterocycles. The maximum Gasteiger partial charge on any atom is 0.230 e. The van der Waals surface area contributed by atoms with Crippen LogP contribution in [0, 0.1) is 23.2 Å². The summed E-state index contributed by atoms with van der Waals surface area (Å²) in [6.45, 7) is 0. The molecule has 7 nitrogen and oxygen atoms in total. The summed E-state index contributed by atoms with van der Waals surface area (Å²) in [6.07, 6.45) is 8.19. The molecule has 4 aliphatic carbocycles. The highest BCUT2D eigenvalue weighted by Crippen LogP contribution is 2.60. The average molecular weight is 420 g/mol. The van der Waals surface area contributed by atoms with Crippen LogP contribution in [0.2, 0.25) is 0 Å². The molecule has 0 radical (unpaired) electrons. The van der Waals surface area contributed by atoms with Crippen molar-refractivity contribution in [3.05, 3.63) is 48.0 Å². The molecule has 0 unspecified atom stereocenters. The second-order valence-corrected chi connectivity index (χ2v) is 9.44. The third-order valence-corrected chi connectivity index (χ3v) is 7.24. The largest absolute Gasteiger partial charge is 0.872 e. The fraction of sp³-hybridized carbons (Fsp3) is 0.417. The number of nitrogens with one attached hydrogen (secondary N) is 1. The Bertz CT molecular complexity index is 998. The van der Waals surface area contributed by atoms with Crippen molar-refractivity contribution in [2.75, 3.05) is 10.5 Å². The second-order valence-electron chi connectivity index (χ2n) is 9.44. The van der Waals surface area contributed by atoms with Crippen LogP contribution < -0.4 is 15.6 Å². The summed E-state index contributed by atoms with van der Waals surface area (Å²) in [6, 6.07) is 11.2. The Morgan fingerprint density at radius 1 is 1.06 bits per heavy atom. The van der Waals surface area contributed by atoms with Crippen LogP contribution in [-0.2, 0) is 4.79 Å². The molecule has 6 rings (SSSR count). The Labute approximate surface area is 181 Å². The minimum Gasteiger partial charge on any atom is -0.872 e. The first-order chi connectivity index (χ1) is 14.9. The molecule has 3 N–H and O–H groups in total. The molecule has 162 valence electrons. The van der Waals surface area contributed by atoms with Gasteiger partial charge in [0.05, 0.1) is 22.5 Å². The smallest absolute Gasteiger partial charge is 0.230 e. The summed E-state index contributed by atoms with van der Waals surface area (Å²) in [5, 5.41) is 33.5. The zero-order chi connectivity index (χ0) is 21.6. The van der Waals surface area contributed by atoms with Crippen LogP contribution >= 0.6 is 0 Å². The van der Waals surface area contributed by atoms with Crippen molar-refractivity contribution in [1.29, 1.82) is 0 Å². The highest BCUT2D eigenvalue weighted by Gasteiger charge is 2.54. The highest BCUT2D eigenvalue weighted by molar-refractivity contribution is 5.98. The van der Waals surface area contributed by atoms with Crippen molar-refractivity contribution < 1.29 is 20.3 Å². The fourth-order valence-corrected chi connectivity index (χ4v) is 6.24. The molecular formula is C24H26N3O4-. The molecule has 2 aromatic carbocycles. The van der Waals surface area contributed by atoms with E-state index in [1.54, 1.807) is 6.07 Å². The Hall–Kier alpha value is -2.90. The van der Waals surface area contributed by atoms with E-state index in [1.165, 1.54) is 43.7 Å². The van der Waals surface area contributed by atoms with Gasteiger partial charge in [-0.25, -0.2) is 0 Å². The summed E-state index contributed by atoms with van der Waals surface area (Å²) >= 11 is 0. The molecule has 0 heterocycles. The molecule has 4 aliphatic rings. The van der Waals surface area contributed by atoms with Crippen molar-refractivity contribution in [2.24, 2.45) is 28.2 Å². The van der Waals surface area contributed by atoms with Gasteiger partial charge in [0.25, 0.3) is 0 Å². The fourth-order valence-electron chi connectivity index (χ4n) is 6.24. The van der Waals surface area contributed by atoms with Gasteiger partial charge in [0.15, 0.2) is 0 Å². The first kappa shape index (κ1) is 20.0. The van der Waals surface area contributed by atoms with Gasteiger partial charge in [0.2, 0.25) is 5.91 Å². The van der Waals surface area contributed by atoms with E-state index in [2.05, 4.69) is 10.3 Å². The van der Waals surface area contributed by atoms with Crippen LogP contribution in [0.1, 0.15) is 44.1 Å². The van der Waals surface area contributed by atoms with E-state index in [-0.39, 0.29) is 33.5 Å². The first-order valence-electron chi connectivity index (χ1n) is 10.9. The molecule has 0 spiro atoms. The van der Waals surface area contributed by atoms with Crippen molar-refractivity contribution in [3.63, 3.8) is 0 Å². The van der Waals surface area contributed by atoms with Gasteiger partial charge in [-0.1, -0.05) is 23.9 Å². The summed E-state index contributed by atoms with van der Waals surface area (Å²) in [5.41, 5.74) is 1.19. The van der Waals surface area contributed by atoms with E-state index in [9.17, 15) is 20.3 Å². The molecule has 31 heavy (non-hydrogen) atoms. The average Bonchev–Trinajstić information content (AvgIpc) is 2.73. The van der Waals surface area contributed by atoms with Gasteiger partial charge in [0.1, 0.15) is 0 Å². The van der Waals surface area contributed by atoms with Gasteiger partial charge in [-0.15, -0.1) is 5.23 Å². The molecule has 7 heteroatoms. The van der Waals surface area contributed by atoms with Gasteiger partial charge in [-0.2, -0.15) is 0 Å². The Balaban J connectivity index is 1.37. The lowest BCUT2D eigenvalue weighted by Crippen LogP contribution is -2.51. The normalized spacial score (nSPS) is 28.8.